The molecule has 0 unspecified atom stereocenters. The summed E-state index contributed by atoms with van der Waals surface area (Å²) in [5, 5.41) is 3.48. The first kappa shape index (κ1) is 22.5. The van der Waals surface area contributed by atoms with E-state index in [1.807, 2.05) is 39.0 Å². The summed E-state index contributed by atoms with van der Waals surface area (Å²) in [6.07, 6.45) is 1.77. The van der Waals surface area contributed by atoms with Crippen LogP contribution in [0.25, 0.3) is 0 Å². The second kappa shape index (κ2) is 11.3. The molecule has 0 fully saturated rings. The van der Waals surface area contributed by atoms with Crippen LogP contribution in [0.1, 0.15) is 48.7 Å². The van der Waals surface area contributed by atoms with Crippen LogP contribution in [0.15, 0.2) is 36.4 Å². The van der Waals surface area contributed by atoms with Gasteiger partial charge in [-0.25, -0.2) is 0 Å². The summed E-state index contributed by atoms with van der Waals surface area (Å²) < 4.78 is 11.3. The van der Waals surface area contributed by atoms with Crippen molar-refractivity contribution in [2.45, 2.75) is 40.5 Å². The third-order valence-electron chi connectivity index (χ3n) is 4.24. The monoisotopic (exact) mass is 415 g/mol. The molecule has 0 heterocycles. The molecule has 6 nitrogen and oxygen atoms in total. The second-order valence-corrected chi connectivity index (χ2v) is 6.85. The summed E-state index contributed by atoms with van der Waals surface area (Å²) in [4.78, 5) is 12.5. The summed E-state index contributed by atoms with van der Waals surface area (Å²) in [5.41, 5.74) is 9.02. The maximum absolute atomic E-state index is 12.5. The van der Waals surface area contributed by atoms with Gasteiger partial charge in [0.1, 0.15) is 0 Å². The van der Waals surface area contributed by atoms with E-state index in [4.69, 9.17) is 21.7 Å². The van der Waals surface area contributed by atoms with Crippen molar-refractivity contribution in [3.8, 4) is 11.5 Å². The number of hydrogen-bond acceptors (Lipinski definition) is 4. The van der Waals surface area contributed by atoms with Gasteiger partial charge in [-0.1, -0.05) is 32.0 Å². The number of carbonyl (C=O) groups excluding carboxylic acids is 1. The zero-order valence-corrected chi connectivity index (χ0v) is 18.2. The van der Waals surface area contributed by atoms with Crippen LogP contribution in [0.3, 0.4) is 0 Å². The number of ether oxygens (including phenoxy) is 2. The van der Waals surface area contributed by atoms with E-state index in [-0.39, 0.29) is 5.91 Å². The van der Waals surface area contributed by atoms with Crippen LogP contribution >= 0.6 is 12.2 Å². The topological polar surface area (TPSA) is 71.6 Å². The van der Waals surface area contributed by atoms with Gasteiger partial charge in [-0.3, -0.25) is 15.6 Å². The number of nitrogens with one attached hydrogen (secondary N) is 3. The van der Waals surface area contributed by atoms with Gasteiger partial charge >= 0.3 is 0 Å². The quantitative estimate of drug-likeness (QED) is 0.439. The Morgan fingerprint density at radius 3 is 2.52 bits per heavy atom. The second-order valence-electron chi connectivity index (χ2n) is 6.44. The van der Waals surface area contributed by atoms with E-state index in [1.165, 1.54) is 0 Å². The maximum atomic E-state index is 12.5. The summed E-state index contributed by atoms with van der Waals surface area (Å²) >= 11 is 5.33. The third-order valence-corrected chi connectivity index (χ3v) is 4.44. The molecule has 3 N–H and O–H groups in total. The molecule has 0 aliphatic heterocycles. The molecule has 0 aromatic heterocycles. The van der Waals surface area contributed by atoms with Crippen LogP contribution in [-0.4, -0.2) is 24.2 Å². The number of anilines is 1. The highest BCUT2D eigenvalue weighted by Crippen LogP contribution is 2.28. The lowest BCUT2D eigenvalue weighted by atomic mass is 10.1. The summed E-state index contributed by atoms with van der Waals surface area (Å²) in [5.74, 6) is 0.849. The van der Waals surface area contributed by atoms with Crippen molar-refractivity contribution in [3.05, 3.63) is 53.1 Å². The number of amides is 1. The Morgan fingerprint density at radius 1 is 1.03 bits per heavy atom. The average Bonchev–Trinajstić information content (AvgIpc) is 2.72. The number of aryl methyl sites for hydroxylation is 2. The molecule has 0 aliphatic carbocycles. The van der Waals surface area contributed by atoms with Gasteiger partial charge in [0.2, 0.25) is 0 Å². The Labute approximate surface area is 178 Å². The number of carbonyl (C=O) groups is 1. The van der Waals surface area contributed by atoms with Crippen molar-refractivity contribution in [2.75, 3.05) is 18.5 Å². The lowest BCUT2D eigenvalue weighted by molar-refractivity contribution is 0.0943. The normalized spacial score (nSPS) is 10.2. The first-order valence-electron chi connectivity index (χ1n) is 9.85. The predicted octanol–water partition coefficient (Wildman–Crippen LogP) is 4.38. The van der Waals surface area contributed by atoms with Crippen LogP contribution in [0.5, 0.6) is 11.5 Å². The molecular formula is C22H29N3O3S. The van der Waals surface area contributed by atoms with Crippen molar-refractivity contribution in [2.24, 2.45) is 0 Å². The highest BCUT2D eigenvalue weighted by molar-refractivity contribution is 7.80. The number of benzene rings is 2. The van der Waals surface area contributed by atoms with E-state index < -0.39 is 0 Å². The van der Waals surface area contributed by atoms with Gasteiger partial charge in [-0.2, -0.15) is 0 Å². The molecule has 0 radical (unpaired) electrons. The Kier molecular flexibility index (Phi) is 8.73. The van der Waals surface area contributed by atoms with E-state index in [9.17, 15) is 4.79 Å². The van der Waals surface area contributed by atoms with E-state index in [2.05, 4.69) is 23.1 Å². The van der Waals surface area contributed by atoms with Crippen molar-refractivity contribution in [1.82, 2.24) is 10.9 Å². The van der Waals surface area contributed by atoms with Gasteiger partial charge in [-0.15, -0.1) is 0 Å². The minimum absolute atomic E-state index is 0.315. The van der Waals surface area contributed by atoms with E-state index in [0.717, 1.165) is 29.7 Å². The van der Waals surface area contributed by atoms with Crippen LogP contribution < -0.4 is 25.6 Å². The standard InChI is InChI=1S/C22H29N3O3S/c1-5-13-28-18-12-11-17(14-19(18)27-7-3)21(26)24-25-22(29)23-20-15(4)9-8-10-16(20)6-2/h8-12,14H,5-7,13H2,1-4H3,(H,24,26)(H2,23,25,29). The molecule has 0 aliphatic rings. The Balaban J connectivity index is 2.01. The van der Waals surface area contributed by atoms with Crippen molar-refractivity contribution in [1.29, 1.82) is 0 Å². The Hall–Kier alpha value is -2.80. The molecule has 2 aromatic carbocycles. The molecule has 0 spiro atoms. The maximum Gasteiger partial charge on any atom is 0.269 e. The van der Waals surface area contributed by atoms with Crippen molar-refractivity contribution in [3.63, 3.8) is 0 Å². The highest BCUT2D eigenvalue weighted by atomic mass is 32.1. The van der Waals surface area contributed by atoms with Crippen molar-refractivity contribution < 1.29 is 14.3 Å². The molecule has 0 saturated heterocycles. The third kappa shape index (κ3) is 6.35. The van der Waals surface area contributed by atoms with E-state index in [0.29, 0.717) is 35.4 Å². The molecule has 7 heteroatoms. The van der Waals surface area contributed by atoms with Crippen LogP contribution in [0.4, 0.5) is 5.69 Å². The van der Waals surface area contributed by atoms with Gasteiger partial charge in [0.15, 0.2) is 16.6 Å². The van der Waals surface area contributed by atoms with Crippen LogP contribution in [0.2, 0.25) is 0 Å². The fourth-order valence-electron chi connectivity index (χ4n) is 2.78. The van der Waals surface area contributed by atoms with Gasteiger partial charge in [0.05, 0.1) is 13.2 Å². The zero-order valence-electron chi connectivity index (χ0n) is 17.4. The van der Waals surface area contributed by atoms with Gasteiger partial charge in [0.25, 0.3) is 5.91 Å². The van der Waals surface area contributed by atoms with Gasteiger partial charge in [-0.05, 0) is 68.2 Å². The number of hydrazine groups is 1. The molecule has 1 amide bonds. The number of hydrogen-bond donors (Lipinski definition) is 3. The first-order valence-corrected chi connectivity index (χ1v) is 10.3. The average molecular weight is 416 g/mol. The number of para-hydroxylation sites is 1. The predicted molar refractivity (Wildman–Crippen MR) is 121 cm³/mol. The molecule has 0 atom stereocenters. The Morgan fingerprint density at radius 2 is 1.83 bits per heavy atom. The number of thiocarbonyl (C=S) groups is 1. The largest absolute Gasteiger partial charge is 0.490 e. The minimum atomic E-state index is -0.322. The molecule has 29 heavy (non-hydrogen) atoms. The summed E-state index contributed by atoms with van der Waals surface area (Å²) in [6, 6.07) is 11.2. The molecule has 0 saturated carbocycles. The van der Waals surface area contributed by atoms with Crippen molar-refractivity contribution >= 4 is 28.9 Å². The molecular weight excluding hydrogens is 386 g/mol. The van der Waals surface area contributed by atoms with Crippen LogP contribution in [0, 0.1) is 6.92 Å². The number of rotatable bonds is 8. The minimum Gasteiger partial charge on any atom is -0.490 e. The fourth-order valence-corrected chi connectivity index (χ4v) is 2.93. The van der Waals surface area contributed by atoms with Gasteiger partial charge < -0.3 is 14.8 Å². The van der Waals surface area contributed by atoms with E-state index in [1.54, 1.807) is 18.2 Å². The Bertz CT molecular complexity index is 855. The molecule has 2 rings (SSSR count). The first-order chi connectivity index (χ1) is 14.0. The lowest BCUT2D eigenvalue weighted by Crippen LogP contribution is -2.44. The summed E-state index contributed by atoms with van der Waals surface area (Å²) in [7, 11) is 0. The molecule has 2 aromatic rings. The van der Waals surface area contributed by atoms with Gasteiger partial charge in [0, 0.05) is 11.3 Å². The fraction of sp³-hybridized carbons (Fsp3) is 0.364. The van der Waals surface area contributed by atoms with E-state index >= 15 is 0 Å². The lowest BCUT2D eigenvalue weighted by Gasteiger charge is -2.16. The molecule has 156 valence electrons. The zero-order chi connectivity index (χ0) is 21.2. The highest BCUT2D eigenvalue weighted by Gasteiger charge is 2.12. The molecule has 0 bridgehead atoms. The van der Waals surface area contributed by atoms with Crippen LogP contribution in [-0.2, 0) is 6.42 Å². The smallest absolute Gasteiger partial charge is 0.269 e. The SMILES string of the molecule is CCCOc1ccc(C(=O)NNC(=S)Nc2c(C)cccc2CC)cc1OCC. The summed E-state index contributed by atoms with van der Waals surface area (Å²) in [6.45, 7) is 9.09.